The van der Waals surface area contributed by atoms with E-state index in [1.807, 2.05) is 25.1 Å². The Morgan fingerprint density at radius 2 is 2.20 bits per heavy atom. The molecule has 0 aliphatic heterocycles. The lowest BCUT2D eigenvalue weighted by molar-refractivity contribution is 0.0496. The summed E-state index contributed by atoms with van der Waals surface area (Å²) in [7, 11) is 0. The van der Waals surface area contributed by atoms with E-state index in [0.717, 1.165) is 5.69 Å². The number of aliphatic hydroxyl groups excluding tert-OH is 1. The molecule has 1 aromatic rings. The topological polar surface area (TPSA) is 41.5 Å². The standard InChI is InChI=1S/C11H16ClNO2/c1-2-15-8-9(14)7-13-11-6-4-3-5-10(11)12/h3-6,9,13-14H,2,7-8H2,1H3. The first-order chi connectivity index (χ1) is 7.24. The minimum Gasteiger partial charge on any atom is -0.389 e. The first-order valence-electron chi connectivity index (χ1n) is 4.98. The van der Waals surface area contributed by atoms with Gasteiger partial charge < -0.3 is 15.2 Å². The van der Waals surface area contributed by atoms with Crippen molar-refractivity contribution in [2.45, 2.75) is 13.0 Å². The van der Waals surface area contributed by atoms with Crippen molar-refractivity contribution in [2.75, 3.05) is 25.1 Å². The number of aliphatic hydroxyl groups is 1. The smallest absolute Gasteiger partial charge is 0.0945 e. The van der Waals surface area contributed by atoms with Gasteiger partial charge >= 0.3 is 0 Å². The van der Waals surface area contributed by atoms with Crippen molar-refractivity contribution >= 4 is 17.3 Å². The fourth-order valence-electron chi connectivity index (χ4n) is 1.15. The van der Waals surface area contributed by atoms with Gasteiger partial charge in [0.2, 0.25) is 0 Å². The first kappa shape index (κ1) is 12.3. The average Bonchev–Trinajstić information content (AvgIpc) is 2.25. The van der Waals surface area contributed by atoms with Crippen molar-refractivity contribution in [1.29, 1.82) is 0 Å². The molecule has 0 heterocycles. The molecule has 0 radical (unpaired) electrons. The van der Waals surface area contributed by atoms with Gasteiger partial charge in [-0.1, -0.05) is 23.7 Å². The Labute approximate surface area is 95.0 Å². The van der Waals surface area contributed by atoms with Crippen LogP contribution in [0.1, 0.15) is 6.92 Å². The van der Waals surface area contributed by atoms with Gasteiger partial charge in [-0.3, -0.25) is 0 Å². The van der Waals surface area contributed by atoms with Crippen LogP contribution in [0.5, 0.6) is 0 Å². The van der Waals surface area contributed by atoms with Gasteiger partial charge in [-0.25, -0.2) is 0 Å². The molecule has 0 saturated carbocycles. The van der Waals surface area contributed by atoms with Crippen molar-refractivity contribution in [3.63, 3.8) is 0 Å². The molecule has 0 saturated heterocycles. The van der Waals surface area contributed by atoms with Crippen LogP contribution in [0, 0.1) is 0 Å². The van der Waals surface area contributed by atoms with Crippen molar-refractivity contribution in [3.8, 4) is 0 Å². The molecule has 0 aliphatic carbocycles. The fourth-order valence-corrected chi connectivity index (χ4v) is 1.35. The van der Waals surface area contributed by atoms with Crippen LogP contribution in [0.4, 0.5) is 5.69 Å². The third-order valence-electron chi connectivity index (χ3n) is 1.92. The lowest BCUT2D eigenvalue weighted by atomic mass is 10.3. The van der Waals surface area contributed by atoms with Crippen molar-refractivity contribution in [1.82, 2.24) is 0 Å². The average molecular weight is 230 g/mol. The number of ether oxygens (including phenoxy) is 1. The normalized spacial score (nSPS) is 12.5. The van der Waals surface area contributed by atoms with E-state index >= 15 is 0 Å². The zero-order chi connectivity index (χ0) is 11.1. The quantitative estimate of drug-likeness (QED) is 0.786. The fraction of sp³-hybridized carbons (Fsp3) is 0.455. The highest BCUT2D eigenvalue weighted by molar-refractivity contribution is 6.33. The number of halogens is 1. The minimum absolute atomic E-state index is 0.341. The van der Waals surface area contributed by atoms with Gasteiger partial charge in [0.25, 0.3) is 0 Å². The highest BCUT2D eigenvalue weighted by Crippen LogP contribution is 2.20. The number of hydrogen-bond acceptors (Lipinski definition) is 3. The molecule has 0 aliphatic rings. The lowest BCUT2D eigenvalue weighted by Crippen LogP contribution is -2.24. The second-order valence-electron chi connectivity index (χ2n) is 3.17. The Morgan fingerprint density at radius 1 is 1.47 bits per heavy atom. The van der Waals surface area contributed by atoms with Crippen molar-refractivity contribution < 1.29 is 9.84 Å². The summed E-state index contributed by atoms with van der Waals surface area (Å²) in [5, 5.41) is 13.2. The zero-order valence-corrected chi connectivity index (χ0v) is 9.50. The maximum absolute atomic E-state index is 9.50. The summed E-state index contributed by atoms with van der Waals surface area (Å²) in [6, 6.07) is 7.43. The van der Waals surface area contributed by atoms with Crippen LogP contribution in [-0.4, -0.2) is 31.0 Å². The van der Waals surface area contributed by atoms with Crippen molar-refractivity contribution in [3.05, 3.63) is 29.3 Å². The molecular weight excluding hydrogens is 214 g/mol. The molecule has 1 unspecified atom stereocenters. The molecule has 1 atom stereocenters. The lowest BCUT2D eigenvalue weighted by Gasteiger charge is -2.13. The Kier molecular flexibility index (Phi) is 5.47. The van der Waals surface area contributed by atoms with Crippen LogP contribution in [0.2, 0.25) is 5.02 Å². The van der Waals surface area contributed by atoms with Gasteiger partial charge in [0.15, 0.2) is 0 Å². The molecule has 0 spiro atoms. The van der Waals surface area contributed by atoms with E-state index in [9.17, 15) is 5.11 Å². The van der Waals surface area contributed by atoms with Crippen LogP contribution in [0.25, 0.3) is 0 Å². The van der Waals surface area contributed by atoms with E-state index in [1.165, 1.54) is 0 Å². The molecule has 1 rings (SSSR count). The maximum atomic E-state index is 9.50. The zero-order valence-electron chi connectivity index (χ0n) is 8.74. The maximum Gasteiger partial charge on any atom is 0.0945 e. The number of anilines is 1. The van der Waals surface area contributed by atoms with E-state index in [2.05, 4.69) is 5.32 Å². The summed E-state index contributed by atoms with van der Waals surface area (Å²) in [4.78, 5) is 0. The van der Waals surface area contributed by atoms with Gasteiger partial charge in [-0.15, -0.1) is 0 Å². The van der Waals surface area contributed by atoms with Crippen LogP contribution >= 0.6 is 11.6 Å². The number of nitrogens with one attached hydrogen (secondary N) is 1. The molecule has 15 heavy (non-hydrogen) atoms. The second-order valence-corrected chi connectivity index (χ2v) is 3.58. The predicted octanol–water partition coefficient (Wildman–Crippen LogP) is 2.15. The highest BCUT2D eigenvalue weighted by Gasteiger charge is 2.04. The van der Waals surface area contributed by atoms with E-state index in [4.69, 9.17) is 16.3 Å². The molecule has 0 fully saturated rings. The molecular formula is C11H16ClNO2. The summed E-state index contributed by atoms with van der Waals surface area (Å²) in [5.74, 6) is 0. The highest BCUT2D eigenvalue weighted by atomic mass is 35.5. The molecule has 0 aromatic heterocycles. The monoisotopic (exact) mass is 229 g/mol. The van der Waals surface area contributed by atoms with E-state index in [1.54, 1.807) is 6.07 Å². The van der Waals surface area contributed by atoms with E-state index in [-0.39, 0.29) is 0 Å². The van der Waals surface area contributed by atoms with E-state index < -0.39 is 6.10 Å². The Morgan fingerprint density at radius 3 is 2.87 bits per heavy atom. The molecule has 2 N–H and O–H groups in total. The Bertz CT molecular complexity index is 294. The summed E-state index contributed by atoms with van der Waals surface area (Å²) in [6.45, 7) is 3.29. The van der Waals surface area contributed by atoms with Gasteiger partial charge in [0, 0.05) is 13.2 Å². The minimum atomic E-state index is -0.513. The largest absolute Gasteiger partial charge is 0.389 e. The molecule has 4 heteroatoms. The SMILES string of the molecule is CCOCC(O)CNc1ccccc1Cl. The van der Waals surface area contributed by atoms with Gasteiger partial charge in [0.05, 0.1) is 23.4 Å². The predicted molar refractivity (Wildman–Crippen MR) is 62.4 cm³/mol. The van der Waals surface area contributed by atoms with Gasteiger partial charge in [-0.05, 0) is 19.1 Å². The third-order valence-corrected chi connectivity index (χ3v) is 2.25. The summed E-state index contributed by atoms with van der Waals surface area (Å²) < 4.78 is 5.09. The molecule has 3 nitrogen and oxygen atoms in total. The Hall–Kier alpha value is -0.770. The molecule has 0 bridgehead atoms. The number of para-hydroxylation sites is 1. The second kappa shape index (κ2) is 6.67. The number of benzene rings is 1. The summed E-state index contributed by atoms with van der Waals surface area (Å²) in [5.41, 5.74) is 0.828. The summed E-state index contributed by atoms with van der Waals surface area (Å²) in [6.07, 6.45) is -0.513. The van der Waals surface area contributed by atoms with Crippen LogP contribution in [-0.2, 0) is 4.74 Å². The summed E-state index contributed by atoms with van der Waals surface area (Å²) >= 11 is 5.94. The van der Waals surface area contributed by atoms with Crippen LogP contribution in [0.15, 0.2) is 24.3 Å². The van der Waals surface area contributed by atoms with Crippen LogP contribution in [0.3, 0.4) is 0 Å². The van der Waals surface area contributed by atoms with Crippen LogP contribution < -0.4 is 5.32 Å². The molecule has 0 amide bonds. The third kappa shape index (κ3) is 4.51. The van der Waals surface area contributed by atoms with Crippen molar-refractivity contribution in [2.24, 2.45) is 0 Å². The van der Waals surface area contributed by atoms with E-state index in [0.29, 0.717) is 24.8 Å². The number of rotatable bonds is 6. The molecule has 1 aromatic carbocycles. The van der Waals surface area contributed by atoms with Gasteiger partial charge in [0.1, 0.15) is 0 Å². The molecule has 84 valence electrons. The van der Waals surface area contributed by atoms with Gasteiger partial charge in [-0.2, -0.15) is 0 Å². The number of hydrogen-bond donors (Lipinski definition) is 2. The first-order valence-corrected chi connectivity index (χ1v) is 5.36. The Balaban J connectivity index is 2.33.